The molecule has 8 heteroatoms. The van der Waals surface area contributed by atoms with Gasteiger partial charge in [0.1, 0.15) is 12.2 Å². The van der Waals surface area contributed by atoms with Crippen molar-refractivity contribution in [3.63, 3.8) is 0 Å². The summed E-state index contributed by atoms with van der Waals surface area (Å²) in [6.07, 6.45) is 1.87. The quantitative estimate of drug-likeness (QED) is 0.806. The summed E-state index contributed by atoms with van der Waals surface area (Å²) in [5.41, 5.74) is -0.753. The zero-order valence-corrected chi connectivity index (χ0v) is 11.8. The first-order valence-electron chi connectivity index (χ1n) is 6.11. The zero-order valence-electron chi connectivity index (χ0n) is 11.0. The van der Waals surface area contributed by atoms with E-state index in [0.29, 0.717) is 6.42 Å². The van der Waals surface area contributed by atoms with Gasteiger partial charge in [0.05, 0.1) is 17.0 Å². The van der Waals surface area contributed by atoms with Crippen LogP contribution in [0.2, 0.25) is 0 Å². The van der Waals surface area contributed by atoms with Crippen LogP contribution in [0.3, 0.4) is 0 Å². The van der Waals surface area contributed by atoms with Crippen LogP contribution in [0.15, 0.2) is 18.3 Å². The number of nitrogens with one attached hydrogen (secondary N) is 1. The third-order valence-corrected chi connectivity index (χ3v) is 5.21. The maximum absolute atomic E-state index is 11.9. The lowest BCUT2D eigenvalue weighted by molar-refractivity contribution is -0.123. The van der Waals surface area contributed by atoms with Crippen LogP contribution < -0.4 is 5.32 Å². The molecule has 1 aromatic heterocycles. The van der Waals surface area contributed by atoms with Gasteiger partial charge in [-0.15, -0.1) is 0 Å². The molecule has 0 aliphatic carbocycles. The molecular weight excluding hydrogens is 284 g/mol. The number of amides is 1. The van der Waals surface area contributed by atoms with E-state index in [4.69, 9.17) is 5.11 Å². The fraction of sp³-hybridized carbons (Fsp3) is 0.500. The summed E-state index contributed by atoms with van der Waals surface area (Å²) in [7, 11) is -3.10. The second kappa shape index (κ2) is 4.93. The molecule has 0 aromatic carbocycles. The minimum atomic E-state index is -3.10. The lowest BCUT2D eigenvalue weighted by atomic mass is 10.0. The SMILES string of the molecule is CC1(NC(=O)Cn2cccc2C(=O)O)CCS(=O)(=O)C1. The Balaban J connectivity index is 2.03. The van der Waals surface area contributed by atoms with Crippen molar-refractivity contribution in [2.45, 2.75) is 25.4 Å². The summed E-state index contributed by atoms with van der Waals surface area (Å²) >= 11 is 0. The highest BCUT2D eigenvalue weighted by Crippen LogP contribution is 2.22. The summed E-state index contributed by atoms with van der Waals surface area (Å²) in [6, 6.07) is 2.94. The van der Waals surface area contributed by atoms with Gasteiger partial charge in [-0.3, -0.25) is 4.79 Å². The van der Waals surface area contributed by atoms with E-state index in [-0.39, 0.29) is 23.7 Å². The second-order valence-electron chi connectivity index (χ2n) is 5.28. The molecule has 2 N–H and O–H groups in total. The fourth-order valence-corrected chi connectivity index (χ4v) is 4.48. The molecule has 1 aliphatic heterocycles. The van der Waals surface area contributed by atoms with Gasteiger partial charge < -0.3 is 15.0 Å². The van der Waals surface area contributed by atoms with Crippen LogP contribution >= 0.6 is 0 Å². The van der Waals surface area contributed by atoms with Gasteiger partial charge in [0.25, 0.3) is 0 Å². The van der Waals surface area contributed by atoms with Crippen molar-refractivity contribution >= 4 is 21.7 Å². The Kier molecular flexibility index (Phi) is 3.59. The second-order valence-corrected chi connectivity index (χ2v) is 7.46. The molecule has 1 amide bonds. The predicted molar refractivity (Wildman–Crippen MR) is 71.2 cm³/mol. The van der Waals surface area contributed by atoms with Crippen LogP contribution in [-0.4, -0.2) is 47.0 Å². The first-order valence-corrected chi connectivity index (χ1v) is 7.93. The average molecular weight is 300 g/mol. The number of carbonyl (C=O) groups is 2. The van der Waals surface area contributed by atoms with E-state index in [2.05, 4.69) is 5.32 Å². The molecule has 1 atom stereocenters. The van der Waals surface area contributed by atoms with Crippen LogP contribution in [0.5, 0.6) is 0 Å². The number of aromatic nitrogens is 1. The number of carboxylic acids is 1. The minimum Gasteiger partial charge on any atom is -0.477 e. The third-order valence-electron chi connectivity index (χ3n) is 3.31. The summed E-state index contributed by atoms with van der Waals surface area (Å²) < 4.78 is 24.2. The van der Waals surface area contributed by atoms with Crippen molar-refractivity contribution in [3.8, 4) is 0 Å². The van der Waals surface area contributed by atoms with Crippen LogP contribution in [-0.2, 0) is 21.2 Å². The highest BCUT2D eigenvalue weighted by atomic mass is 32.2. The Hall–Kier alpha value is -1.83. The summed E-state index contributed by atoms with van der Waals surface area (Å²) in [4.78, 5) is 22.9. The van der Waals surface area contributed by atoms with E-state index < -0.39 is 27.3 Å². The van der Waals surface area contributed by atoms with Gasteiger partial charge in [-0.05, 0) is 25.5 Å². The van der Waals surface area contributed by atoms with Crippen molar-refractivity contribution < 1.29 is 23.1 Å². The molecule has 1 aromatic rings. The smallest absolute Gasteiger partial charge is 0.352 e. The molecular formula is C12H16N2O5S. The highest BCUT2D eigenvalue weighted by Gasteiger charge is 2.39. The van der Waals surface area contributed by atoms with Gasteiger partial charge in [-0.1, -0.05) is 0 Å². The van der Waals surface area contributed by atoms with Gasteiger partial charge in [0, 0.05) is 6.20 Å². The van der Waals surface area contributed by atoms with Crippen LogP contribution in [0.1, 0.15) is 23.8 Å². The Morgan fingerprint density at radius 1 is 1.50 bits per heavy atom. The van der Waals surface area contributed by atoms with Gasteiger partial charge in [-0.25, -0.2) is 13.2 Å². The number of nitrogens with zero attached hydrogens (tertiary/aromatic N) is 1. The number of carboxylic acid groups (broad SMARTS) is 1. The molecule has 1 unspecified atom stereocenters. The van der Waals surface area contributed by atoms with Crippen molar-refractivity contribution in [2.75, 3.05) is 11.5 Å². The molecule has 110 valence electrons. The summed E-state index contributed by atoms with van der Waals surface area (Å²) in [5.74, 6) is -1.53. The van der Waals surface area contributed by atoms with E-state index in [1.165, 1.54) is 16.8 Å². The molecule has 0 bridgehead atoms. The molecule has 7 nitrogen and oxygen atoms in total. The van der Waals surface area contributed by atoms with Crippen LogP contribution in [0, 0.1) is 0 Å². The summed E-state index contributed by atoms with van der Waals surface area (Å²) in [6.45, 7) is 1.54. The van der Waals surface area contributed by atoms with E-state index in [9.17, 15) is 18.0 Å². The molecule has 0 saturated carbocycles. The van der Waals surface area contributed by atoms with Crippen LogP contribution in [0.25, 0.3) is 0 Å². The number of hydrogen-bond donors (Lipinski definition) is 2. The van der Waals surface area contributed by atoms with E-state index in [0.717, 1.165) is 0 Å². The van der Waals surface area contributed by atoms with Crippen LogP contribution in [0.4, 0.5) is 0 Å². The standard InChI is InChI=1S/C12H16N2O5S/c1-12(4-6-20(18,19)8-12)13-10(15)7-14-5-2-3-9(14)11(16)17/h2-3,5H,4,6-8H2,1H3,(H,13,15)(H,16,17). The summed E-state index contributed by atoms with van der Waals surface area (Å²) in [5, 5.41) is 11.6. The van der Waals surface area contributed by atoms with Gasteiger partial charge in [0.2, 0.25) is 5.91 Å². The molecule has 0 radical (unpaired) electrons. The minimum absolute atomic E-state index is 0.0179. The Morgan fingerprint density at radius 3 is 2.75 bits per heavy atom. The van der Waals surface area contributed by atoms with Crippen molar-refractivity contribution in [2.24, 2.45) is 0 Å². The maximum atomic E-state index is 11.9. The number of rotatable bonds is 4. The number of aromatic carboxylic acids is 1. The number of sulfone groups is 1. The van der Waals surface area contributed by atoms with Crippen molar-refractivity contribution in [1.29, 1.82) is 0 Å². The lowest BCUT2D eigenvalue weighted by Gasteiger charge is -2.24. The fourth-order valence-electron chi connectivity index (χ4n) is 2.39. The van der Waals surface area contributed by atoms with Gasteiger partial charge in [-0.2, -0.15) is 0 Å². The normalized spacial score (nSPS) is 24.4. The lowest BCUT2D eigenvalue weighted by Crippen LogP contribution is -2.48. The topological polar surface area (TPSA) is 105 Å². The van der Waals surface area contributed by atoms with E-state index in [1.807, 2.05) is 0 Å². The monoisotopic (exact) mass is 300 g/mol. The molecule has 1 fully saturated rings. The Morgan fingerprint density at radius 2 is 2.20 bits per heavy atom. The van der Waals surface area contributed by atoms with E-state index >= 15 is 0 Å². The molecule has 1 aliphatic rings. The molecule has 20 heavy (non-hydrogen) atoms. The van der Waals surface area contributed by atoms with Crippen molar-refractivity contribution in [3.05, 3.63) is 24.0 Å². The molecule has 2 rings (SSSR count). The first kappa shape index (κ1) is 14.6. The van der Waals surface area contributed by atoms with E-state index in [1.54, 1.807) is 13.0 Å². The average Bonchev–Trinajstić information content (AvgIpc) is 2.83. The first-order chi connectivity index (χ1) is 9.21. The highest BCUT2D eigenvalue weighted by molar-refractivity contribution is 7.91. The predicted octanol–water partition coefficient (Wildman–Crippen LogP) is -0.120. The zero-order chi connectivity index (χ0) is 15.0. The molecule has 0 spiro atoms. The third kappa shape index (κ3) is 3.19. The Labute approximate surface area is 116 Å². The maximum Gasteiger partial charge on any atom is 0.352 e. The Bertz CT molecular complexity index is 649. The van der Waals surface area contributed by atoms with Gasteiger partial charge >= 0.3 is 5.97 Å². The van der Waals surface area contributed by atoms with Gasteiger partial charge in [0.15, 0.2) is 9.84 Å². The largest absolute Gasteiger partial charge is 0.477 e. The number of carbonyl (C=O) groups excluding carboxylic acids is 1. The van der Waals surface area contributed by atoms with Crippen molar-refractivity contribution in [1.82, 2.24) is 9.88 Å². The molecule has 2 heterocycles. The number of hydrogen-bond acceptors (Lipinski definition) is 4. The molecule has 1 saturated heterocycles.